The molecule has 1 heterocycles. The van der Waals surface area contributed by atoms with Gasteiger partial charge in [-0.05, 0) is 12.3 Å². The first-order chi connectivity index (χ1) is 11.2. The molecule has 1 unspecified atom stereocenters. The van der Waals surface area contributed by atoms with Crippen LogP contribution in [0.4, 0.5) is 0 Å². The fourth-order valence-electron chi connectivity index (χ4n) is 3.50. The second kappa shape index (κ2) is 12.5. The molecule has 0 bridgehead atoms. The van der Waals surface area contributed by atoms with Crippen LogP contribution in [0, 0.1) is 11.8 Å². The molecule has 3 nitrogen and oxygen atoms in total. The molecule has 0 amide bonds. The van der Waals surface area contributed by atoms with Crippen molar-refractivity contribution >= 4 is 11.9 Å². The second-order valence-corrected chi connectivity index (χ2v) is 7.14. The number of ether oxygens (including phenoxy) is 1. The molecule has 134 valence electrons. The number of rotatable bonds is 14. The van der Waals surface area contributed by atoms with Crippen LogP contribution in [-0.2, 0) is 14.3 Å². The molecule has 0 aromatic heterocycles. The van der Waals surface area contributed by atoms with Gasteiger partial charge in [-0.25, -0.2) is 0 Å². The lowest BCUT2D eigenvalue weighted by atomic mass is 9.95. The van der Waals surface area contributed by atoms with E-state index in [4.69, 9.17) is 0 Å². The summed E-state index contributed by atoms with van der Waals surface area (Å²) in [7, 11) is 0. The maximum atomic E-state index is 11.3. The highest BCUT2D eigenvalue weighted by atomic mass is 16.6. The van der Waals surface area contributed by atoms with Gasteiger partial charge >= 0.3 is 11.9 Å². The van der Waals surface area contributed by atoms with Crippen LogP contribution in [0.15, 0.2) is 0 Å². The van der Waals surface area contributed by atoms with Gasteiger partial charge in [-0.3, -0.25) is 9.59 Å². The third-order valence-corrected chi connectivity index (χ3v) is 5.28. The van der Waals surface area contributed by atoms with Crippen molar-refractivity contribution in [2.75, 3.05) is 0 Å². The maximum Gasteiger partial charge on any atom is 0.317 e. The largest absolute Gasteiger partial charge is 0.393 e. The molecule has 1 atom stereocenters. The van der Waals surface area contributed by atoms with Crippen LogP contribution in [-0.4, -0.2) is 11.9 Å². The van der Waals surface area contributed by atoms with E-state index in [9.17, 15) is 9.59 Å². The van der Waals surface area contributed by atoms with Crippen molar-refractivity contribution in [3.8, 4) is 0 Å². The fourth-order valence-corrected chi connectivity index (χ4v) is 3.50. The molecule has 0 radical (unpaired) electrons. The van der Waals surface area contributed by atoms with Crippen molar-refractivity contribution in [1.29, 1.82) is 0 Å². The van der Waals surface area contributed by atoms with Crippen LogP contribution in [0.2, 0.25) is 0 Å². The zero-order valence-electron chi connectivity index (χ0n) is 15.3. The van der Waals surface area contributed by atoms with Gasteiger partial charge in [0.2, 0.25) is 0 Å². The number of cyclic esters (lactones) is 2. The Hall–Kier alpha value is -0.860. The van der Waals surface area contributed by atoms with Gasteiger partial charge in [-0.1, -0.05) is 90.9 Å². The Bertz CT molecular complexity index is 334. The zero-order valence-corrected chi connectivity index (χ0v) is 15.3. The average molecular weight is 325 g/mol. The summed E-state index contributed by atoms with van der Waals surface area (Å²) in [4.78, 5) is 22.3. The van der Waals surface area contributed by atoms with Crippen LogP contribution in [0.3, 0.4) is 0 Å². The molecule has 1 aliphatic rings. The predicted molar refractivity (Wildman–Crippen MR) is 94.1 cm³/mol. The number of unbranched alkanes of at least 4 members (excludes halogenated alkanes) is 8. The maximum absolute atomic E-state index is 11.3. The molecule has 0 N–H and O–H groups in total. The molecule has 3 heteroatoms. The lowest BCUT2D eigenvalue weighted by molar-refractivity contribution is -0.153. The third-order valence-electron chi connectivity index (χ3n) is 5.28. The van der Waals surface area contributed by atoms with E-state index < -0.39 is 0 Å². The minimum Gasteiger partial charge on any atom is -0.393 e. The Balaban J connectivity index is 1.81. The summed E-state index contributed by atoms with van der Waals surface area (Å²) in [6.45, 7) is 4.61. The lowest BCUT2D eigenvalue weighted by Crippen LogP contribution is -2.06. The van der Waals surface area contributed by atoms with Crippen LogP contribution >= 0.6 is 0 Å². The SMILES string of the molecule is CCC(CC)CCCCCCCCCCCC1CC(=O)OC1=O. The summed E-state index contributed by atoms with van der Waals surface area (Å²) in [5.41, 5.74) is 0. The monoisotopic (exact) mass is 324 g/mol. The number of carbonyl (C=O) groups is 2. The highest BCUT2D eigenvalue weighted by Gasteiger charge is 2.32. The molecule has 0 aromatic rings. The number of carbonyl (C=O) groups excluding carboxylic acids is 2. The number of hydrogen-bond donors (Lipinski definition) is 0. The molecule has 0 saturated carbocycles. The topological polar surface area (TPSA) is 43.4 Å². The molecule has 0 spiro atoms. The predicted octanol–water partition coefficient (Wildman–Crippen LogP) is 5.80. The van der Waals surface area contributed by atoms with Gasteiger partial charge in [0, 0.05) is 0 Å². The Morgan fingerprint density at radius 2 is 1.39 bits per heavy atom. The lowest BCUT2D eigenvalue weighted by Gasteiger charge is -2.11. The van der Waals surface area contributed by atoms with E-state index >= 15 is 0 Å². The fraction of sp³-hybridized carbons (Fsp3) is 0.900. The summed E-state index contributed by atoms with van der Waals surface area (Å²) >= 11 is 0. The Morgan fingerprint density at radius 3 is 1.87 bits per heavy atom. The van der Waals surface area contributed by atoms with Gasteiger partial charge in [0.05, 0.1) is 12.3 Å². The van der Waals surface area contributed by atoms with E-state index in [1.54, 1.807) is 0 Å². The Labute approximate surface area is 142 Å². The van der Waals surface area contributed by atoms with Crippen LogP contribution in [0.1, 0.15) is 104 Å². The molecule has 23 heavy (non-hydrogen) atoms. The Morgan fingerprint density at radius 1 is 0.870 bits per heavy atom. The summed E-state index contributed by atoms with van der Waals surface area (Å²) in [5.74, 6) is 0.146. The first-order valence-electron chi connectivity index (χ1n) is 9.91. The van der Waals surface area contributed by atoms with E-state index in [0.29, 0.717) is 6.42 Å². The van der Waals surface area contributed by atoms with Gasteiger partial charge in [-0.2, -0.15) is 0 Å². The second-order valence-electron chi connectivity index (χ2n) is 7.14. The molecule has 1 saturated heterocycles. The van der Waals surface area contributed by atoms with Crippen LogP contribution in [0.25, 0.3) is 0 Å². The number of hydrogen-bond acceptors (Lipinski definition) is 3. The van der Waals surface area contributed by atoms with Crippen LogP contribution < -0.4 is 0 Å². The van der Waals surface area contributed by atoms with Gasteiger partial charge < -0.3 is 4.74 Å². The van der Waals surface area contributed by atoms with Crippen molar-refractivity contribution in [3.63, 3.8) is 0 Å². The molecule has 1 aliphatic heterocycles. The molecule has 0 aromatic carbocycles. The van der Waals surface area contributed by atoms with E-state index in [1.165, 1.54) is 70.6 Å². The van der Waals surface area contributed by atoms with Gasteiger partial charge in [0.25, 0.3) is 0 Å². The first kappa shape index (κ1) is 20.2. The average Bonchev–Trinajstić information content (AvgIpc) is 2.86. The quantitative estimate of drug-likeness (QED) is 0.230. The van der Waals surface area contributed by atoms with Gasteiger partial charge in [-0.15, -0.1) is 0 Å². The van der Waals surface area contributed by atoms with Gasteiger partial charge in [0.1, 0.15) is 0 Å². The van der Waals surface area contributed by atoms with Crippen molar-refractivity contribution in [2.24, 2.45) is 11.8 Å². The summed E-state index contributed by atoms with van der Waals surface area (Å²) in [6.07, 6.45) is 16.9. The normalized spacial score (nSPS) is 18.0. The van der Waals surface area contributed by atoms with E-state index in [-0.39, 0.29) is 17.9 Å². The minimum absolute atomic E-state index is 0.155. The van der Waals surface area contributed by atoms with E-state index in [1.807, 2.05) is 0 Å². The summed E-state index contributed by atoms with van der Waals surface area (Å²) in [5, 5.41) is 0. The molecular formula is C20H36O3. The van der Waals surface area contributed by atoms with Gasteiger partial charge in [0.15, 0.2) is 0 Å². The third kappa shape index (κ3) is 9.12. The van der Waals surface area contributed by atoms with E-state index in [0.717, 1.165) is 18.8 Å². The molecule has 0 aliphatic carbocycles. The van der Waals surface area contributed by atoms with E-state index in [2.05, 4.69) is 18.6 Å². The van der Waals surface area contributed by atoms with Crippen molar-refractivity contribution in [3.05, 3.63) is 0 Å². The highest BCUT2D eigenvalue weighted by Crippen LogP contribution is 2.23. The highest BCUT2D eigenvalue weighted by molar-refractivity contribution is 5.94. The number of esters is 2. The van der Waals surface area contributed by atoms with Crippen molar-refractivity contribution < 1.29 is 14.3 Å². The molecule has 1 fully saturated rings. The standard InChI is InChI=1S/C20H36O3/c1-3-17(4-2)14-12-10-8-6-5-7-9-11-13-15-18-16-19(21)23-20(18)22/h17-18H,3-16H2,1-2H3. The molecule has 1 rings (SSSR count). The van der Waals surface area contributed by atoms with Crippen LogP contribution in [0.5, 0.6) is 0 Å². The first-order valence-corrected chi connectivity index (χ1v) is 9.91. The summed E-state index contributed by atoms with van der Waals surface area (Å²) < 4.78 is 4.57. The minimum atomic E-state index is -0.343. The zero-order chi connectivity index (χ0) is 16.9. The smallest absolute Gasteiger partial charge is 0.317 e. The van der Waals surface area contributed by atoms with Crippen molar-refractivity contribution in [2.45, 2.75) is 104 Å². The molecular weight excluding hydrogens is 288 g/mol. The summed E-state index contributed by atoms with van der Waals surface area (Å²) in [6, 6.07) is 0. The van der Waals surface area contributed by atoms with Crippen molar-refractivity contribution in [1.82, 2.24) is 0 Å². The Kier molecular flexibility index (Phi) is 11.0.